The standard InChI is InChI=1S/C92H118N4O32/c1-2-10-78-77(9-1)113-49-33-97-17-25-105-41-57-121-85-69-65-71-87-89(125-61-45-109-29-21-101-37-53-117-80-12-4-3-11-79(80)115-51-35-99-19-27-107-43-59-123-87)73(94-71)67-75-91-92(128-64-48-112-32-24-104-40-56-120-84-16-8-7-15-83(84)119-55-39-103-23-31-111-47-63-127-91)76(96-75)68-74-90-88(72(95-74)66-70(93-69)86(85)122-58-42-106-26-18-98-34-50-114-78)124-60-44-108-28-20-100-36-52-116-81-13-5-6-14-82(81)118-54-38-102-22-30-110-46-62-126-90/h1-16,65-68,93-94H,17-64H2. The summed E-state index contributed by atoms with van der Waals surface area (Å²) in [6.45, 7) is 9.62. The summed E-state index contributed by atoms with van der Waals surface area (Å²) in [6, 6.07) is 37.0. The number of rotatable bonds is 0. The van der Waals surface area contributed by atoms with Crippen molar-refractivity contribution in [1.29, 1.82) is 0 Å². The lowest BCUT2D eigenvalue weighted by molar-refractivity contribution is 0.0200. The van der Waals surface area contributed by atoms with Crippen molar-refractivity contribution >= 4 is 45.1 Å². The van der Waals surface area contributed by atoms with E-state index in [1.54, 1.807) is 18.2 Å². The Hall–Kier alpha value is -10.4. The summed E-state index contributed by atoms with van der Waals surface area (Å²) in [7, 11) is 0. The molecular weight excluding hydrogens is 1670 g/mol. The highest BCUT2D eigenvalue weighted by Crippen LogP contribution is 2.45. The predicted octanol–water partition coefficient (Wildman–Crippen LogP) is 9.70. The maximum Gasteiger partial charge on any atom is 0.189 e. The summed E-state index contributed by atoms with van der Waals surface area (Å²) in [5.41, 5.74) is 2.61. The SMILES string of the molecule is c1ccc2c(c1)OCCOCCOCCOC1=C(OCCOCCOCCO2)c2cc3[nH]c(cc4[nH]c(cc5nc(cc1n2)C1=C5OCCOCCOCCOc2ccccc2OCCOCCOCCO1)c1c4OCCOCCOCCOc2ccccc2OCCOCCOCCO1)c1c3OCCOCCOCCOc2ccccc2OCCOCCOCCO1. The highest BCUT2D eigenvalue weighted by Gasteiger charge is 2.31. The second-order valence-electron chi connectivity index (χ2n) is 28.0. The monoisotopic (exact) mass is 1790 g/mol. The molecule has 698 valence electrons. The summed E-state index contributed by atoms with van der Waals surface area (Å²) in [5.74, 6) is 6.65. The summed E-state index contributed by atoms with van der Waals surface area (Å²) < 4.78 is 201. The van der Waals surface area contributed by atoms with E-state index in [1.165, 1.54) is 0 Å². The average Bonchev–Trinajstić information content (AvgIpc) is 1.61. The number of nitrogens with one attached hydrogen (secondary N) is 2. The molecular formula is C92H118N4O32. The highest BCUT2D eigenvalue weighted by atomic mass is 16.6. The number of H-pyrrole nitrogens is 2. The van der Waals surface area contributed by atoms with Gasteiger partial charge in [0.25, 0.3) is 0 Å². The molecule has 8 bridgehead atoms. The van der Waals surface area contributed by atoms with Gasteiger partial charge in [-0.15, -0.1) is 0 Å². The Morgan fingerprint density at radius 1 is 0.148 bits per heavy atom. The van der Waals surface area contributed by atoms with Crippen molar-refractivity contribution in [2.45, 2.75) is 0 Å². The van der Waals surface area contributed by atoms with Crippen molar-refractivity contribution in [3.05, 3.63) is 144 Å². The molecule has 4 aromatic carbocycles. The average molecular weight is 1790 g/mol. The van der Waals surface area contributed by atoms with E-state index < -0.39 is 0 Å². The van der Waals surface area contributed by atoms with Crippen molar-refractivity contribution in [1.82, 2.24) is 19.9 Å². The van der Waals surface area contributed by atoms with Crippen LogP contribution in [0.25, 0.3) is 45.1 Å². The van der Waals surface area contributed by atoms with Gasteiger partial charge in [-0.1, -0.05) is 48.5 Å². The number of fused-ring (bicyclic) bond motifs is 22. The molecule has 128 heavy (non-hydrogen) atoms. The first kappa shape index (κ1) is 95.2. The topological polar surface area (TPSA) is 353 Å². The molecule has 0 radical (unpaired) electrons. The van der Waals surface area contributed by atoms with Crippen LogP contribution in [0.2, 0.25) is 0 Å². The lowest BCUT2D eigenvalue weighted by atomic mass is 10.2. The van der Waals surface area contributed by atoms with Crippen LogP contribution in [0.4, 0.5) is 0 Å². The molecule has 9 heterocycles. The fourth-order valence-electron chi connectivity index (χ4n) is 13.0. The van der Waals surface area contributed by atoms with E-state index in [0.29, 0.717) is 94.5 Å². The predicted molar refractivity (Wildman–Crippen MR) is 463 cm³/mol. The molecule has 3 aromatic heterocycles. The molecule has 36 nitrogen and oxygen atoms in total. The molecule has 2 N–H and O–H groups in total. The van der Waals surface area contributed by atoms with E-state index in [1.807, 2.05) is 103 Å². The van der Waals surface area contributed by atoms with Gasteiger partial charge in [0, 0.05) is 0 Å². The molecule has 0 spiro atoms. The number of nitrogens with zero attached hydrogens (tertiary/aromatic N) is 2. The molecule has 0 amide bonds. The second-order valence-corrected chi connectivity index (χ2v) is 28.0. The maximum absolute atomic E-state index is 6.93. The van der Waals surface area contributed by atoms with E-state index >= 15 is 0 Å². The third kappa shape index (κ3) is 32.1. The Bertz CT molecular complexity index is 4330. The van der Waals surface area contributed by atoms with Gasteiger partial charge in [-0.3, -0.25) is 0 Å². The van der Waals surface area contributed by atoms with Gasteiger partial charge in [0.1, 0.15) is 128 Å². The van der Waals surface area contributed by atoms with Crippen LogP contribution in [0.1, 0.15) is 22.8 Å². The molecule has 0 saturated heterocycles. The molecule has 6 aliphatic rings. The third-order valence-electron chi connectivity index (χ3n) is 18.9. The molecule has 0 atom stereocenters. The first-order valence-corrected chi connectivity index (χ1v) is 43.6. The molecule has 0 unspecified atom stereocenters. The maximum atomic E-state index is 6.93. The minimum Gasteiger partial charge on any atom is -0.487 e. The quantitative estimate of drug-likeness (QED) is 0.143. The summed E-state index contributed by atoms with van der Waals surface area (Å²) in [5, 5.41) is 0. The van der Waals surface area contributed by atoms with Crippen LogP contribution in [0.15, 0.2) is 121 Å². The summed E-state index contributed by atoms with van der Waals surface area (Å²) >= 11 is 0. The molecule has 0 saturated carbocycles. The lowest BCUT2D eigenvalue weighted by Crippen LogP contribution is -2.15. The number of para-hydroxylation sites is 8. The first-order chi connectivity index (χ1) is 63.7. The van der Waals surface area contributed by atoms with E-state index in [-0.39, 0.29) is 360 Å². The summed E-state index contributed by atoms with van der Waals surface area (Å²) in [4.78, 5) is 18.1. The van der Waals surface area contributed by atoms with Gasteiger partial charge in [-0.05, 0) is 72.8 Å². The van der Waals surface area contributed by atoms with Crippen LogP contribution >= 0.6 is 0 Å². The highest BCUT2D eigenvalue weighted by molar-refractivity contribution is 5.93. The molecule has 0 fully saturated rings. The first-order valence-electron chi connectivity index (χ1n) is 43.6. The number of hydrogen-bond acceptors (Lipinski definition) is 34. The van der Waals surface area contributed by atoms with Gasteiger partial charge < -0.3 is 162 Å². The number of ether oxygens (including phenoxy) is 32. The Labute approximate surface area is 743 Å². The van der Waals surface area contributed by atoms with Crippen LogP contribution in [0.5, 0.6) is 69.0 Å². The van der Waals surface area contributed by atoms with Crippen molar-refractivity contribution in [3.8, 4) is 69.0 Å². The van der Waals surface area contributed by atoms with Crippen molar-refractivity contribution < 1.29 is 152 Å². The van der Waals surface area contributed by atoms with Crippen LogP contribution < -0.4 is 56.8 Å². The molecule has 13 rings (SSSR count). The lowest BCUT2D eigenvalue weighted by Gasteiger charge is -2.14. The van der Waals surface area contributed by atoms with E-state index in [4.69, 9.17) is 162 Å². The van der Waals surface area contributed by atoms with Crippen molar-refractivity contribution in [3.63, 3.8) is 0 Å². The van der Waals surface area contributed by atoms with Crippen molar-refractivity contribution in [2.24, 2.45) is 0 Å². The van der Waals surface area contributed by atoms with E-state index in [2.05, 4.69) is 9.97 Å². The Kier molecular flexibility index (Phi) is 42.3. The van der Waals surface area contributed by atoms with Crippen molar-refractivity contribution in [2.75, 3.05) is 317 Å². The minimum absolute atomic E-state index is 0.00852. The molecule has 7 aromatic rings. The Balaban J connectivity index is 0.899. The zero-order valence-electron chi connectivity index (χ0n) is 72.4. The van der Waals surface area contributed by atoms with Crippen LogP contribution in [-0.2, 0) is 94.7 Å². The molecule has 0 aliphatic carbocycles. The number of hydrogen-bond donors (Lipinski definition) is 2. The Morgan fingerprint density at radius 2 is 0.289 bits per heavy atom. The van der Waals surface area contributed by atoms with Gasteiger partial charge in [0.05, 0.1) is 233 Å². The van der Waals surface area contributed by atoms with Crippen LogP contribution in [-0.4, -0.2) is 337 Å². The zero-order valence-corrected chi connectivity index (χ0v) is 72.4. The van der Waals surface area contributed by atoms with E-state index in [0.717, 1.165) is 0 Å². The van der Waals surface area contributed by atoms with Crippen LogP contribution in [0.3, 0.4) is 0 Å². The minimum atomic E-state index is 0.00852. The van der Waals surface area contributed by atoms with Crippen LogP contribution in [0, 0.1) is 0 Å². The fourth-order valence-corrected chi connectivity index (χ4v) is 13.0. The number of aromatic amines is 2. The smallest absolute Gasteiger partial charge is 0.189 e. The Morgan fingerprint density at radius 3 is 0.469 bits per heavy atom. The fraction of sp³-hybridized carbons (Fsp3) is 0.522. The van der Waals surface area contributed by atoms with E-state index in [9.17, 15) is 0 Å². The van der Waals surface area contributed by atoms with Gasteiger partial charge in [-0.25, -0.2) is 9.97 Å². The third-order valence-corrected chi connectivity index (χ3v) is 18.9. The van der Waals surface area contributed by atoms with Gasteiger partial charge in [0.2, 0.25) is 0 Å². The summed E-state index contributed by atoms with van der Waals surface area (Å²) in [6.07, 6.45) is 0. The second kappa shape index (κ2) is 56.9. The molecule has 36 heteroatoms. The number of aromatic nitrogens is 4. The zero-order chi connectivity index (χ0) is 87.4. The van der Waals surface area contributed by atoms with Gasteiger partial charge >= 0.3 is 0 Å². The normalized spacial score (nSPS) is 19.4. The van der Waals surface area contributed by atoms with Gasteiger partial charge in [0.15, 0.2) is 92.0 Å². The number of benzene rings is 4. The largest absolute Gasteiger partial charge is 0.487 e. The molecule has 6 aliphatic heterocycles. The van der Waals surface area contributed by atoms with Gasteiger partial charge in [-0.2, -0.15) is 0 Å².